The van der Waals surface area contributed by atoms with E-state index in [9.17, 15) is 5.11 Å². The Morgan fingerprint density at radius 1 is 1.36 bits per heavy atom. The lowest BCUT2D eigenvalue weighted by Gasteiger charge is -2.06. The van der Waals surface area contributed by atoms with E-state index in [4.69, 9.17) is 5.73 Å². The molecule has 11 heavy (non-hydrogen) atoms. The van der Waals surface area contributed by atoms with Gasteiger partial charge in [-0.2, -0.15) is 0 Å². The molecule has 0 aliphatic heterocycles. The summed E-state index contributed by atoms with van der Waals surface area (Å²) in [4.78, 5) is 0. The second-order valence-corrected chi connectivity index (χ2v) is 3.94. The van der Waals surface area contributed by atoms with Gasteiger partial charge in [-0.15, -0.1) is 0 Å². The second-order valence-electron chi connectivity index (χ2n) is 2.23. The van der Waals surface area contributed by atoms with E-state index in [1.807, 2.05) is 6.92 Å². The lowest BCUT2D eigenvalue weighted by atomic mass is 10.2. The van der Waals surface area contributed by atoms with Crippen LogP contribution >= 0.6 is 31.9 Å². The van der Waals surface area contributed by atoms with Gasteiger partial charge < -0.3 is 10.8 Å². The average Bonchev–Trinajstić information content (AvgIpc) is 1.97. The van der Waals surface area contributed by atoms with E-state index >= 15 is 0 Å². The molecule has 1 aromatic rings. The molecular weight excluding hydrogens is 274 g/mol. The third kappa shape index (κ3) is 1.51. The molecule has 0 bridgehead atoms. The molecule has 0 amide bonds. The van der Waals surface area contributed by atoms with Crippen molar-refractivity contribution in [2.75, 3.05) is 5.73 Å². The van der Waals surface area contributed by atoms with Crippen LogP contribution in [0, 0.1) is 6.92 Å². The van der Waals surface area contributed by atoms with E-state index in [2.05, 4.69) is 31.9 Å². The monoisotopic (exact) mass is 279 g/mol. The quantitative estimate of drug-likeness (QED) is 0.567. The van der Waals surface area contributed by atoms with Crippen LogP contribution in [0.4, 0.5) is 5.69 Å². The molecule has 0 radical (unpaired) electrons. The Bertz CT molecular complexity index is 273. The van der Waals surface area contributed by atoms with Gasteiger partial charge in [0.25, 0.3) is 0 Å². The van der Waals surface area contributed by atoms with Gasteiger partial charge in [0.05, 0.1) is 10.2 Å². The van der Waals surface area contributed by atoms with Crippen LogP contribution in [0.2, 0.25) is 0 Å². The summed E-state index contributed by atoms with van der Waals surface area (Å²) in [5.41, 5.74) is 6.83. The first-order chi connectivity index (χ1) is 5.04. The van der Waals surface area contributed by atoms with Crippen LogP contribution < -0.4 is 5.73 Å². The molecular formula is C7H7Br2NO. The summed E-state index contributed by atoms with van der Waals surface area (Å²) in [7, 11) is 0. The van der Waals surface area contributed by atoms with Gasteiger partial charge in [0, 0.05) is 4.47 Å². The zero-order chi connectivity index (χ0) is 8.59. The summed E-state index contributed by atoms with van der Waals surface area (Å²) in [6, 6.07) is 1.76. The Balaban J connectivity index is 3.46. The minimum atomic E-state index is 0.103. The number of halogens is 2. The molecule has 0 atom stereocenters. The maximum absolute atomic E-state index is 9.32. The van der Waals surface area contributed by atoms with Crippen LogP contribution in [0.15, 0.2) is 15.0 Å². The van der Waals surface area contributed by atoms with Gasteiger partial charge in [0.1, 0.15) is 0 Å². The Morgan fingerprint density at radius 3 is 2.45 bits per heavy atom. The number of rotatable bonds is 0. The minimum Gasteiger partial charge on any atom is -0.505 e. The highest BCUT2D eigenvalue weighted by Crippen LogP contribution is 2.36. The third-order valence-electron chi connectivity index (χ3n) is 1.50. The Hall–Kier alpha value is -0.220. The van der Waals surface area contributed by atoms with E-state index in [1.165, 1.54) is 0 Å². The summed E-state index contributed by atoms with van der Waals surface area (Å²) in [6.45, 7) is 1.84. The number of aromatic hydroxyl groups is 1. The molecule has 0 saturated heterocycles. The second kappa shape index (κ2) is 3.03. The Labute approximate surface area is 81.7 Å². The largest absolute Gasteiger partial charge is 0.505 e. The van der Waals surface area contributed by atoms with Crippen molar-refractivity contribution in [1.82, 2.24) is 0 Å². The Kier molecular flexibility index (Phi) is 2.44. The lowest BCUT2D eigenvalue weighted by Crippen LogP contribution is -1.91. The summed E-state index contributed by atoms with van der Waals surface area (Å²) in [5.74, 6) is 0.103. The summed E-state index contributed by atoms with van der Waals surface area (Å²) in [6.07, 6.45) is 0. The van der Waals surface area contributed by atoms with Crippen LogP contribution in [0.5, 0.6) is 5.75 Å². The normalized spacial score (nSPS) is 10.1. The van der Waals surface area contributed by atoms with Crippen molar-refractivity contribution in [2.45, 2.75) is 6.92 Å². The van der Waals surface area contributed by atoms with Crippen molar-refractivity contribution in [1.29, 1.82) is 0 Å². The fourth-order valence-electron chi connectivity index (χ4n) is 0.723. The molecule has 60 valence electrons. The smallest absolute Gasteiger partial charge is 0.152 e. The molecule has 0 aliphatic carbocycles. The number of hydrogen-bond acceptors (Lipinski definition) is 2. The zero-order valence-electron chi connectivity index (χ0n) is 5.86. The summed E-state index contributed by atoms with van der Waals surface area (Å²) < 4.78 is 1.49. The number of phenolic OH excluding ortho intramolecular Hbond substituents is 1. The van der Waals surface area contributed by atoms with Crippen LogP contribution in [-0.4, -0.2) is 5.11 Å². The van der Waals surface area contributed by atoms with E-state index in [0.29, 0.717) is 10.2 Å². The van der Waals surface area contributed by atoms with Crippen molar-refractivity contribution in [3.8, 4) is 5.75 Å². The molecule has 1 rings (SSSR count). The lowest BCUT2D eigenvalue weighted by molar-refractivity contribution is 0.474. The molecule has 0 aliphatic rings. The maximum Gasteiger partial charge on any atom is 0.152 e. The number of hydrogen-bond donors (Lipinski definition) is 2. The van der Waals surface area contributed by atoms with Gasteiger partial charge in [-0.05, 0) is 34.5 Å². The standard InChI is InChI=1S/C7H7Br2NO/c1-3-4(8)2-5(9)7(11)6(3)10/h2,11H,10H2,1H3. The van der Waals surface area contributed by atoms with Crippen molar-refractivity contribution < 1.29 is 5.11 Å². The molecule has 3 N–H and O–H groups in total. The minimum absolute atomic E-state index is 0.103. The highest BCUT2D eigenvalue weighted by atomic mass is 79.9. The van der Waals surface area contributed by atoms with E-state index in [-0.39, 0.29) is 5.75 Å². The Morgan fingerprint density at radius 2 is 1.91 bits per heavy atom. The number of phenols is 1. The van der Waals surface area contributed by atoms with Crippen molar-refractivity contribution >= 4 is 37.5 Å². The van der Waals surface area contributed by atoms with Gasteiger partial charge in [0.15, 0.2) is 5.75 Å². The van der Waals surface area contributed by atoms with Crippen molar-refractivity contribution in [2.24, 2.45) is 0 Å². The molecule has 0 heterocycles. The highest BCUT2D eigenvalue weighted by molar-refractivity contribution is 9.11. The maximum atomic E-state index is 9.32. The molecule has 0 saturated carbocycles. The fourth-order valence-corrected chi connectivity index (χ4v) is 1.91. The molecule has 1 aromatic carbocycles. The highest BCUT2D eigenvalue weighted by Gasteiger charge is 2.08. The van der Waals surface area contributed by atoms with E-state index < -0.39 is 0 Å². The van der Waals surface area contributed by atoms with E-state index in [1.54, 1.807) is 6.07 Å². The van der Waals surface area contributed by atoms with Crippen LogP contribution in [-0.2, 0) is 0 Å². The first kappa shape index (κ1) is 8.87. The summed E-state index contributed by atoms with van der Waals surface area (Å²) in [5, 5.41) is 9.32. The molecule has 0 fully saturated rings. The first-order valence-electron chi connectivity index (χ1n) is 2.97. The zero-order valence-corrected chi connectivity index (χ0v) is 9.03. The SMILES string of the molecule is Cc1c(Br)cc(Br)c(O)c1N. The average molecular weight is 281 g/mol. The number of nitrogen functional groups attached to an aromatic ring is 1. The summed E-state index contributed by atoms with van der Waals surface area (Å²) >= 11 is 6.48. The number of benzene rings is 1. The van der Waals surface area contributed by atoms with Crippen LogP contribution in [0.3, 0.4) is 0 Å². The van der Waals surface area contributed by atoms with E-state index in [0.717, 1.165) is 10.0 Å². The topological polar surface area (TPSA) is 46.2 Å². The molecule has 0 aromatic heterocycles. The van der Waals surface area contributed by atoms with Crippen LogP contribution in [0.25, 0.3) is 0 Å². The van der Waals surface area contributed by atoms with Crippen molar-refractivity contribution in [3.63, 3.8) is 0 Å². The van der Waals surface area contributed by atoms with Crippen LogP contribution in [0.1, 0.15) is 5.56 Å². The molecule has 0 spiro atoms. The van der Waals surface area contributed by atoms with Gasteiger partial charge >= 0.3 is 0 Å². The fraction of sp³-hybridized carbons (Fsp3) is 0.143. The molecule has 0 unspecified atom stereocenters. The van der Waals surface area contributed by atoms with Gasteiger partial charge in [-0.25, -0.2) is 0 Å². The molecule has 2 nitrogen and oxygen atoms in total. The predicted molar refractivity (Wildman–Crippen MR) is 52.7 cm³/mol. The number of nitrogens with two attached hydrogens (primary N) is 1. The van der Waals surface area contributed by atoms with Gasteiger partial charge in [0.2, 0.25) is 0 Å². The van der Waals surface area contributed by atoms with Crippen molar-refractivity contribution in [3.05, 3.63) is 20.6 Å². The third-order valence-corrected chi connectivity index (χ3v) is 2.93. The first-order valence-corrected chi connectivity index (χ1v) is 4.55. The van der Waals surface area contributed by atoms with Gasteiger partial charge in [-0.3, -0.25) is 0 Å². The molecule has 4 heteroatoms. The number of anilines is 1. The van der Waals surface area contributed by atoms with Gasteiger partial charge in [-0.1, -0.05) is 15.9 Å². The predicted octanol–water partition coefficient (Wildman–Crippen LogP) is 2.81.